The predicted molar refractivity (Wildman–Crippen MR) is 127 cm³/mol. The minimum Gasteiger partial charge on any atom is -0.497 e. The average Bonchev–Trinajstić information content (AvgIpc) is 3.09. The molecule has 1 saturated heterocycles. The van der Waals surface area contributed by atoms with Crippen molar-refractivity contribution in [1.29, 1.82) is 0 Å². The number of methoxy groups -OCH3 is 1. The first kappa shape index (κ1) is 22.1. The molecular weight excluding hydrogens is 402 g/mol. The molecule has 2 aromatic rings. The second kappa shape index (κ2) is 9.17. The Morgan fingerprint density at radius 3 is 2.03 bits per heavy atom. The normalized spacial score (nSPS) is 17.7. The molecule has 168 valence electrons. The van der Waals surface area contributed by atoms with E-state index in [1.54, 1.807) is 7.11 Å². The standard InChI is InChI=1S/C26H31N3O3/c1-5-27-14-16-28(17-15-27)24-23(20-8-12-22(32-4)13-9-20)25(30)29(26(24)31)21-10-6-19(7-11-21)18(2)3/h6-13,18H,5,14-17H2,1-4H3. The SMILES string of the molecule is CCN1CCN(C2=C(c3ccc(OC)cc3)C(=O)N(c3ccc(C(C)C)cc3)C2=O)CC1. The summed E-state index contributed by atoms with van der Waals surface area (Å²) >= 11 is 0. The van der Waals surface area contributed by atoms with Gasteiger partial charge in [-0.15, -0.1) is 0 Å². The fraction of sp³-hybridized carbons (Fsp3) is 0.385. The number of carbonyl (C=O) groups is 2. The topological polar surface area (TPSA) is 53.1 Å². The van der Waals surface area contributed by atoms with E-state index in [4.69, 9.17) is 4.74 Å². The highest BCUT2D eigenvalue weighted by atomic mass is 16.5. The van der Waals surface area contributed by atoms with E-state index in [0.717, 1.165) is 38.3 Å². The molecule has 0 atom stereocenters. The molecule has 2 amide bonds. The van der Waals surface area contributed by atoms with E-state index in [1.807, 2.05) is 48.5 Å². The average molecular weight is 434 g/mol. The summed E-state index contributed by atoms with van der Waals surface area (Å²) in [6.07, 6.45) is 0. The highest BCUT2D eigenvalue weighted by Gasteiger charge is 2.43. The molecule has 0 radical (unpaired) electrons. The number of imide groups is 1. The van der Waals surface area contributed by atoms with Gasteiger partial charge in [-0.05, 0) is 47.9 Å². The van der Waals surface area contributed by atoms with Gasteiger partial charge in [0, 0.05) is 26.2 Å². The molecule has 2 aliphatic heterocycles. The van der Waals surface area contributed by atoms with E-state index < -0.39 is 0 Å². The van der Waals surface area contributed by atoms with Crippen molar-refractivity contribution in [2.45, 2.75) is 26.7 Å². The second-order valence-corrected chi connectivity index (χ2v) is 8.57. The van der Waals surface area contributed by atoms with Crippen LogP contribution in [-0.2, 0) is 9.59 Å². The van der Waals surface area contributed by atoms with Crippen LogP contribution in [0.25, 0.3) is 5.57 Å². The highest BCUT2D eigenvalue weighted by molar-refractivity contribution is 6.45. The van der Waals surface area contributed by atoms with Gasteiger partial charge in [0.2, 0.25) is 0 Å². The number of rotatable bonds is 6. The van der Waals surface area contributed by atoms with Crippen molar-refractivity contribution in [3.8, 4) is 5.75 Å². The van der Waals surface area contributed by atoms with Crippen LogP contribution in [0, 0.1) is 0 Å². The van der Waals surface area contributed by atoms with Gasteiger partial charge in [0.1, 0.15) is 11.4 Å². The molecule has 2 heterocycles. The minimum atomic E-state index is -0.273. The first-order valence-corrected chi connectivity index (χ1v) is 11.3. The lowest BCUT2D eigenvalue weighted by Crippen LogP contribution is -2.47. The number of piperazine rings is 1. The number of benzene rings is 2. The van der Waals surface area contributed by atoms with Crippen molar-refractivity contribution in [2.24, 2.45) is 0 Å². The number of amides is 2. The fourth-order valence-corrected chi connectivity index (χ4v) is 4.36. The summed E-state index contributed by atoms with van der Waals surface area (Å²) in [5.74, 6) is 0.575. The van der Waals surface area contributed by atoms with Crippen LogP contribution in [0.4, 0.5) is 5.69 Å². The number of ether oxygens (including phenoxy) is 1. The first-order valence-electron chi connectivity index (χ1n) is 11.3. The van der Waals surface area contributed by atoms with Gasteiger partial charge in [-0.3, -0.25) is 9.59 Å². The molecule has 0 saturated carbocycles. The number of nitrogens with zero attached hydrogens (tertiary/aromatic N) is 3. The van der Waals surface area contributed by atoms with Crippen molar-refractivity contribution in [1.82, 2.24) is 9.80 Å². The van der Waals surface area contributed by atoms with Gasteiger partial charge in [0.15, 0.2) is 0 Å². The molecule has 0 unspecified atom stereocenters. The summed E-state index contributed by atoms with van der Waals surface area (Å²) in [6.45, 7) is 10.6. The Kier molecular flexibility index (Phi) is 6.33. The number of anilines is 1. The van der Waals surface area contributed by atoms with Crippen LogP contribution in [0.1, 0.15) is 37.8 Å². The minimum absolute atomic E-state index is 0.247. The van der Waals surface area contributed by atoms with Crippen molar-refractivity contribution in [2.75, 3.05) is 44.7 Å². The molecular formula is C26H31N3O3. The van der Waals surface area contributed by atoms with Gasteiger partial charge in [-0.25, -0.2) is 4.90 Å². The molecule has 1 fully saturated rings. The van der Waals surface area contributed by atoms with Crippen LogP contribution < -0.4 is 9.64 Å². The van der Waals surface area contributed by atoms with Gasteiger partial charge in [0.05, 0.1) is 18.4 Å². The van der Waals surface area contributed by atoms with Crippen molar-refractivity contribution in [3.05, 3.63) is 65.4 Å². The Morgan fingerprint density at radius 1 is 0.875 bits per heavy atom. The van der Waals surface area contributed by atoms with Crippen LogP contribution >= 0.6 is 0 Å². The third kappa shape index (κ3) is 4.02. The third-order valence-electron chi connectivity index (χ3n) is 6.39. The maximum absolute atomic E-state index is 13.7. The number of hydrogen-bond acceptors (Lipinski definition) is 5. The quantitative estimate of drug-likeness (QED) is 0.650. The molecule has 0 aliphatic carbocycles. The zero-order valence-corrected chi connectivity index (χ0v) is 19.3. The molecule has 6 heteroatoms. The van der Waals surface area contributed by atoms with Crippen LogP contribution in [0.15, 0.2) is 54.2 Å². The molecule has 0 aromatic heterocycles. The van der Waals surface area contributed by atoms with Crippen LogP contribution in [0.2, 0.25) is 0 Å². The van der Waals surface area contributed by atoms with Gasteiger partial charge >= 0.3 is 0 Å². The third-order valence-corrected chi connectivity index (χ3v) is 6.39. The lowest BCUT2D eigenvalue weighted by molar-refractivity contribution is -0.120. The Balaban J connectivity index is 1.74. The summed E-state index contributed by atoms with van der Waals surface area (Å²) in [6, 6.07) is 15.1. The molecule has 0 N–H and O–H groups in total. The second-order valence-electron chi connectivity index (χ2n) is 8.57. The smallest absolute Gasteiger partial charge is 0.282 e. The number of carbonyl (C=O) groups excluding carboxylic acids is 2. The number of likely N-dealkylation sites (N-methyl/N-ethyl adjacent to an activating group) is 1. The first-order chi connectivity index (χ1) is 15.4. The summed E-state index contributed by atoms with van der Waals surface area (Å²) in [5, 5.41) is 0. The van der Waals surface area contributed by atoms with E-state index in [0.29, 0.717) is 28.6 Å². The Bertz CT molecular complexity index is 1020. The molecule has 0 spiro atoms. The van der Waals surface area contributed by atoms with E-state index in [-0.39, 0.29) is 11.8 Å². The van der Waals surface area contributed by atoms with Gasteiger partial charge in [0.25, 0.3) is 11.8 Å². The van der Waals surface area contributed by atoms with E-state index in [9.17, 15) is 9.59 Å². The Labute approximate surface area is 190 Å². The van der Waals surface area contributed by atoms with Gasteiger partial charge in [-0.1, -0.05) is 45.0 Å². The zero-order valence-electron chi connectivity index (χ0n) is 19.3. The molecule has 2 aromatic carbocycles. The number of hydrogen-bond donors (Lipinski definition) is 0. The van der Waals surface area contributed by atoms with Crippen molar-refractivity contribution >= 4 is 23.1 Å². The largest absolute Gasteiger partial charge is 0.497 e. The van der Waals surface area contributed by atoms with Gasteiger partial charge in [-0.2, -0.15) is 0 Å². The summed E-state index contributed by atoms with van der Waals surface area (Å²) in [4.78, 5) is 33.1. The molecule has 32 heavy (non-hydrogen) atoms. The summed E-state index contributed by atoms with van der Waals surface area (Å²) < 4.78 is 5.27. The summed E-state index contributed by atoms with van der Waals surface area (Å²) in [7, 11) is 1.61. The lowest BCUT2D eigenvalue weighted by Gasteiger charge is -2.36. The maximum atomic E-state index is 13.7. The van der Waals surface area contributed by atoms with Crippen molar-refractivity contribution < 1.29 is 14.3 Å². The Morgan fingerprint density at radius 2 is 1.50 bits per heavy atom. The Hall–Kier alpha value is -3.12. The monoisotopic (exact) mass is 433 g/mol. The lowest BCUT2D eigenvalue weighted by atomic mass is 10.0. The molecule has 0 bridgehead atoms. The maximum Gasteiger partial charge on any atom is 0.282 e. The molecule has 2 aliphatic rings. The van der Waals surface area contributed by atoms with Gasteiger partial charge < -0.3 is 14.5 Å². The van der Waals surface area contributed by atoms with Crippen LogP contribution in [0.5, 0.6) is 5.75 Å². The van der Waals surface area contributed by atoms with Crippen LogP contribution in [-0.4, -0.2) is 61.4 Å². The van der Waals surface area contributed by atoms with Crippen molar-refractivity contribution in [3.63, 3.8) is 0 Å². The fourth-order valence-electron chi connectivity index (χ4n) is 4.36. The molecule has 6 nitrogen and oxygen atoms in total. The predicted octanol–water partition coefficient (Wildman–Crippen LogP) is 3.74. The highest BCUT2D eigenvalue weighted by Crippen LogP contribution is 2.36. The van der Waals surface area contributed by atoms with Crippen LogP contribution in [0.3, 0.4) is 0 Å². The van der Waals surface area contributed by atoms with E-state index >= 15 is 0 Å². The summed E-state index contributed by atoms with van der Waals surface area (Å²) in [5.41, 5.74) is 3.49. The molecule has 4 rings (SSSR count). The zero-order chi connectivity index (χ0) is 22.8. The van der Waals surface area contributed by atoms with E-state index in [2.05, 4.69) is 30.6 Å². The van der Waals surface area contributed by atoms with E-state index in [1.165, 1.54) is 10.5 Å².